The summed E-state index contributed by atoms with van der Waals surface area (Å²) in [5.74, 6) is 0.0205. The third-order valence-corrected chi connectivity index (χ3v) is 7.15. The first-order valence-corrected chi connectivity index (χ1v) is 9.90. The Hall–Kier alpha value is -1.46. The normalized spacial score (nSPS) is 27.2. The minimum atomic E-state index is -0.414. The number of hydrogen-bond donors (Lipinski definition) is 1. The first-order chi connectivity index (χ1) is 12.5. The fourth-order valence-electron chi connectivity index (χ4n) is 5.05. The lowest BCUT2D eigenvalue weighted by Gasteiger charge is -2.53. The maximum absolute atomic E-state index is 13.5. The fourth-order valence-corrected chi connectivity index (χ4v) is 5.05. The average Bonchev–Trinajstić information content (AvgIpc) is 2.69. The molecule has 2 aliphatic heterocycles. The second kappa shape index (κ2) is 6.93. The van der Waals surface area contributed by atoms with Crippen molar-refractivity contribution in [3.05, 3.63) is 35.6 Å². The molecule has 1 atom stereocenters. The highest BCUT2D eigenvalue weighted by atomic mass is 19.1. The summed E-state index contributed by atoms with van der Waals surface area (Å²) in [6, 6.07) is 6.89. The first kappa shape index (κ1) is 17.9. The Morgan fingerprint density at radius 3 is 2.31 bits per heavy atom. The minimum absolute atomic E-state index is 0.237. The summed E-state index contributed by atoms with van der Waals surface area (Å²) in [6.45, 7) is 2.88. The van der Waals surface area contributed by atoms with Crippen molar-refractivity contribution in [3.8, 4) is 0 Å². The van der Waals surface area contributed by atoms with Crippen LogP contribution in [0.4, 0.5) is 4.39 Å². The molecule has 0 bridgehead atoms. The zero-order valence-corrected chi connectivity index (χ0v) is 15.4. The molecule has 4 nitrogen and oxygen atoms in total. The van der Waals surface area contributed by atoms with Gasteiger partial charge < -0.3 is 15.4 Å². The van der Waals surface area contributed by atoms with Gasteiger partial charge >= 0.3 is 0 Å². The second-order valence-corrected chi connectivity index (χ2v) is 8.50. The standard InChI is InChI=1S/C21H29FN2O2/c22-17-3-1-16(2-4-17)15-21(9-13-26-14-10-21)19(25)24-11-7-20(8-12-24)6-5-18(20)23/h1-4,18H,5-15,23H2. The van der Waals surface area contributed by atoms with Crippen molar-refractivity contribution in [3.63, 3.8) is 0 Å². The number of piperidine rings is 1. The van der Waals surface area contributed by atoms with E-state index in [-0.39, 0.29) is 17.1 Å². The Labute approximate surface area is 154 Å². The monoisotopic (exact) mass is 360 g/mol. The summed E-state index contributed by atoms with van der Waals surface area (Å²) in [5.41, 5.74) is 7.14. The van der Waals surface area contributed by atoms with Gasteiger partial charge in [-0.05, 0) is 68.1 Å². The Morgan fingerprint density at radius 2 is 1.77 bits per heavy atom. The lowest BCUT2D eigenvalue weighted by molar-refractivity contribution is -0.151. The van der Waals surface area contributed by atoms with Crippen molar-refractivity contribution < 1.29 is 13.9 Å². The van der Waals surface area contributed by atoms with E-state index < -0.39 is 5.41 Å². The van der Waals surface area contributed by atoms with Crippen LogP contribution in [0.2, 0.25) is 0 Å². The molecular formula is C21H29FN2O2. The first-order valence-electron chi connectivity index (χ1n) is 9.90. The number of carbonyl (C=O) groups is 1. The summed E-state index contributed by atoms with van der Waals surface area (Å²) in [7, 11) is 0. The van der Waals surface area contributed by atoms with Crippen molar-refractivity contribution in [2.75, 3.05) is 26.3 Å². The smallest absolute Gasteiger partial charge is 0.229 e. The van der Waals surface area contributed by atoms with E-state index in [9.17, 15) is 9.18 Å². The van der Waals surface area contributed by atoms with Crippen molar-refractivity contribution in [1.29, 1.82) is 0 Å². The second-order valence-electron chi connectivity index (χ2n) is 8.50. The lowest BCUT2D eigenvalue weighted by atomic mass is 9.59. The van der Waals surface area contributed by atoms with Crippen LogP contribution in [0.1, 0.15) is 44.1 Å². The largest absolute Gasteiger partial charge is 0.381 e. The fraction of sp³-hybridized carbons (Fsp3) is 0.667. The van der Waals surface area contributed by atoms with Crippen LogP contribution in [-0.4, -0.2) is 43.2 Å². The number of likely N-dealkylation sites (tertiary alicyclic amines) is 1. The van der Waals surface area contributed by atoms with Crippen molar-refractivity contribution in [1.82, 2.24) is 4.90 Å². The molecule has 2 heterocycles. The molecule has 2 saturated heterocycles. The lowest BCUT2D eigenvalue weighted by Crippen LogP contribution is -2.58. The van der Waals surface area contributed by atoms with Gasteiger partial charge in [0.1, 0.15) is 5.82 Å². The molecule has 3 aliphatic rings. The summed E-state index contributed by atoms with van der Waals surface area (Å²) < 4.78 is 18.8. The molecule has 1 unspecified atom stereocenters. The maximum atomic E-state index is 13.5. The molecule has 1 saturated carbocycles. The van der Waals surface area contributed by atoms with Gasteiger partial charge in [0.15, 0.2) is 0 Å². The molecule has 142 valence electrons. The van der Waals surface area contributed by atoms with Crippen LogP contribution in [0.5, 0.6) is 0 Å². The van der Waals surface area contributed by atoms with Gasteiger partial charge in [0, 0.05) is 32.3 Å². The maximum Gasteiger partial charge on any atom is 0.229 e. The van der Waals surface area contributed by atoms with Crippen LogP contribution in [0.3, 0.4) is 0 Å². The molecule has 5 heteroatoms. The number of nitrogens with zero attached hydrogens (tertiary/aromatic N) is 1. The van der Waals surface area contributed by atoms with Crippen molar-refractivity contribution >= 4 is 5.91 Å². The molecule has 1 aromatic carbocycles. The van der Waals surface area contributed by atoms with Crippen LogP contribution in [0.15, 0.2) is 24.3 Å². The number of benzene rings is 1. The molecule has 3 fully saturated rings. The molecule has 26 heavy (non-hydrogen) atoms. The highest BCUT2D eigenvalue weighted by Gasteiger charge is 2.49. The number of amides is 1. The molecule has 1 spiro atoms. The number of halogens is 1. The zero-order chi connectivity index (χ0) is 18.2. The van der Waals surface area contributed by atoms with Gasteiger partial charge in [-0.25, -0.2) is 4.39 Å². The van der Waals surface area contributed by atoms with Crippen LogP contribution in [0.25, 0.3) is 0 Å². The Balaban J connectivity index is 1.49. The number of carbonyl (C=O) groups excluding carboxylic acids is 1. The molecule has 4 rings (SSSR count). The molecule has 1 amide bonds. The predicted octanol–water partition coefficient (Wildman–Crippen LogP) is 2.89. The number of rotatable bonds is 3. The van der Waals surface area contributed by atoms with E-state index >= 15 is 0 Å². The SMILES string of the molecule is NC1CCC12CCN(C(=O)C1(Cc3ccc(F)cc3)CCOCC1)CC2. The van der Waals surface area contributed by atoms with Gasteiger partial charge in [-0.15, -0.1) is 0 Å². The minimum Gasteiger partial charge on any atom is -0.381 e. The van der Waals surface area contributed by atoms with E-state index in [2.05, 4.69) is 4.90 Å². The summed E-state index contributed by atoms with van der Waals surface area (Å²) >= 11 is 0. The van der Waals surface area contributed by atoms with Crippen molar-refractivity contribution in [2.45, 2.75) is 51.0 Å². The topological polar surface area (TPSA) is 55.6 Å². The third-order valence-electron chi connectivity index (χ3n) is 7.15. The van der Waals surface area contributed by atoms with Gasteiger partial charge in [0.2, 0.25) is 5.91 Å². The Bertz CT molecular complexity index is 646. The van der Waals surface area contributed by atoms with Gasteiger partial charge in [-0.2, -0.15) is 0 Å². The quantitative estimate of drug-likeness (QED) is 0.902. The number of nitrogens with two attached hydrogens (primary N) is 1. The van der Waals surface area contributed by atoms with E-state index in [4.69, 9.17) is 10.5 Å². The van der Waals surface area contributed by atoms with Crippen LogP contribution >= 0.6 is 0 Å². The summed E-state index contributed by atoms with van der Waals surface area (Å²) in [4.78, 5) is 15.6. The predicted molar refractivity (Wildman–Crippen MR) is 98.0 cm³/mol. The van der Waals surface area contributed by atoms with E-state index in [1.807, 2.05) is 0 Å². The van der Waals surface area contributed by atoms with Crippen molar-refractivity contribution in [2.24, 2.45) is 16.6 Å². The Morgan fingerprint density at radius 1 is 1.12 bits per heavy atom. The van der Waals surface area contributed by atoms with Crippen LogP contribution in [-0.2, 0) is 16.0 Å². The molecule has 0 aromatic heterocycles. The van der Waals surface area contributed by atoms with Gasteiger partial charge in [0.25, 0.3) is 0 Å². The van der Waals surface area contributed by atoms with Gasteiger partial charge in [-0.3, -0.25) is 4.79 Å². The molecule has 2 N–H and O–H groups in total. The van der Waals surface area contributed by atoms with E-state index in [1.165, 1.54) is 18.6 Å². The number of ether oxygens (including phenoxy) is 1. The van der Waals surface area contributed by atoms with E-state index in [0.717, 1.165) is 50.8 Å². The third kappa shape index (κ3) is 3.16. The average molecular weight is 360 g/mol. The van der Waals surface area contributed by atoms with Gasteiger partial charge in [0.05, 0.1) is 5.41 Å². The number of hydrogen-bond acceptors (Lipinski definition) is 3. The summed E-state index contributed by atoms with van der Waals surface area (Å²) in [6.07, 6.45) is 6.54. The van der Waals surface area contributed by atoms with Crippen LogP contribution < -0.4 is 5.73 Å². The van der Waals surface area contributed by atoms with Crippen LogP contribution in [0, 0.1) is 16.6 Å². The molecule has 0 radical (unpaired) electrons. The van der Waals surface area contributed by atoms with E-state index in [1.54, 1.807) is 12.1 Å². The molecule has 1 aliphatic carbocycles. The Kier molecular flexibility index (Phi) is 4.78. The highest BCUT2D eigenvalue weighted by molar-refractivity contribution is 5.83. The highest BCUT2D eigenvalue weighted by Crippen LogP contribution is 2.49. The van der Waals surface area contributed by atoms with E-state index in [0.29, 0.717) is 25.7 Å². The van der Waals surface area contributed by atoms with Gasteiger partial charge in [-0.1, -0.05) is 12.1 Å². The zero-order valence-electron chi connectivity index (χ0n) is 15.4. The molecular weight excluding hydrogens is 331 g/mol. The molecule has 1 aromatic rings. The summed E-state index contributed by atoms with van der Waals surface area (Å²) in [5, 5.41) is 0.